The van der Waals surface area contributed by atoms with Gasteiger partial charge in [-0.15, -0.1) is 11.8 Å². The largest absolute Gasteiger partial charge is 0.481 e. The van der Waals surface area contributed by atoms with Crippen LogP contribution in [0.25, 0.3) is 0 Å². The second-order valence-electron chi connectivity index (χ2n) is 4.41. The first-order chi connectivity index (χ1) is 9.65. The third-order valence-electron chi connectivity index (χ3n) is 2.74. The summed E-state index contributed by atoms with van der Waals surface area (Å²) in [5.74, 6) is 0.989. The molecule has 0 fully saturated rings. The Kier molecular flexibility index (Phi) is 5.17. The third-order valence-corrected chi connectivity index (χ3v) is 3.91. The lowest BCUT2D eigenvalue weighted by atomic mass is 10.2. The van der Waals surface area contributed by atoms with Gasteiger partial charge in [0.2, 0.25) is 5.89 Å². The minimum Gasteiger partial charge on any atom is -0.481 e. The van der Waals surface area contributed by atoms with Gasteiger partial charge in [-0.05, 0) is 25.0 Å². The van der Waals surface area contributed by atoms with Gasteiger partial charge < -0.3 is 9.63 Å². The summed E-state index contributed by atoms with van der Waals surface area (Å²) in [6, 6.07) is 8.14. The quantitative estimate of drug-likeness (QED) is 0.790. The normalized spacial score (nSPS) is 10.7. The van der Waals surface area contributed by atoms with Crippen molar-refractivity contribution in [3.63, 3.8) is 0 Å². The molecular weight excluding hydrogens is 276 g/mol. The van der Waals surface area contributed by atoms with Crippen LogP contribution in [-0.4, -0.2) is 21.2 Å². The fourth-order valence-corrected chi connectivity index (χ4v) is 2.57. The number of hydrogen-bond donors (Lipinski definition) is 1. The molecule has 5 nitrogen and oxygen atoms in total. The summed E-state index contributed by atoms with van der Waals surface area (Å²) in [5.41, 5.74) is 1.22. The van der Waals surface area contributed by atoms with Crippen molar-refractivity contribution in [1.29, 1.82) is 0 Å². The summed E-state index contributed by atoms with van der Waals surface area (Å²) < 4.78 is 5.10. The molecule has 20 heavy (non-hydrogen) atoms. The number of carboxylic acid groups (broad SMARTS) is 1. The number of aromatic nitrogens is 2. The first-order valence-electron chi connectivity index (χ1n) is 6.37. The monoisotopic (exact) mass is 292 g/mol. The number of aryl methyl sites for hydroxylation is 2. The van der Waals surface area contributed by atoms with Crippen molar-refractivity contribution in [2.24, 2.45) is 0 Å². The topological polar surface area (TPSA) is 76.2 Å². The van der Waals surface area contributed by atoms with E-state index in [-0.39, 0.29) is 6.42 Å². The van der Waals surface area contributed by atoms with Gasteiger partial charge >= 0.3 is 5.97 Å². The molecule has 1 heterocycles. The smallest absolute Gasteiger partial charge is 0.303 e. The van der Waals surface area contributed by atoms with Crippen LogP contribution in [0.3, 0.4) is 0 Å². The van der Waals surface area contributed by atoms with E-state index < -0.39 is 5.97 Å². The fraction of sp³-hybridized carbons (Fsp3) is 0.357. The predicted molar refractivity (Wildman–Crippen MR) is 75.6 cm³/mol. The molecule has 106 valence electrons. The van der Waals surface area contributed by atoms with Crippen LogP contribution in [0.15, 0.2) is 33.7 Å². The van der Waals surface area contributed by atoms with Gasteiger partial charge in [0.25, 0.3) is 0 Å². The Morgan fingerprint density at radius 1 is 1.40 bits per heavy atom. The summed E-state index contributed by atoms with van der Waals surface area (Å²) in [7, 11) is 0. The molecule has 0 spiro atoms. The number of aliphatic carboxylic acids is 1. The third kappa shape index (κ3) is 4.38. The molecule has 0 aliphatic heterocycles. The Morgan fingerprint density at radius 3 is 2.95 bits per heavy atom. The van der Waals surface area contributed by atoms with Crippen molar-refractivity contribution in [1.82, 2.24) is 10.1 Å². The number of hydrogen-bond acceptors (Lipinski definition) is 5. The van der Waals surface area contributed by atoms with E-state index in [2.05, 4.69) is 29.2 Å². The predicted octanol–water partition coefficient (Wildman–Crippen LogP) is 3.08. The maximum atomic E-state index is 10.4. The van der Waals surface area contributed by atoms with Crippen LogP contribution in [0.2, 0.25) is 0 Å². The van der Waals surface area contributed by atoms with Gasteiger partial charge in [-0.3, -0.25) is 4.79 Å². The van der Waals surface area contributed by atoms with Crippen molar-refractivity contribution in [2.45, 2.75) is 36.8 Å². The lowest BCUT2D eigenvalue weighted by Crippen LogP contribution is -1.96. The fourth-order valence-electron chi connectivity index (χ4n) is 1.70. The minimum atomic E-state index is -0.806. The number of benzene rings is 1. The SMILES string of the molecule is Cc1ccccc1SCc1noc(CCCC(=O)O)n1. The zero-order valence-electron chi connectivity index (χ0n) is 11.2. The van der Waals surface area contributed by atoms with E-state index in [9.17, 15) is 4.79 Å². The number of nitrogens with zero attached hydrogens (tertiary/aromatic N) is 2. The summed E-state index contributed by atoms with van der Waals surface area (Å²) in [4.78, 5) is 15.9. The Balaban J connectivity index is 1.84. The Labute approximate surface area is 121 Å². The van der Waals surface area contributed by atoms with Crippen LogP contribution in [0.4, 0.5) is 0 Å². The molecule has 0 aliphatic carbocycles. The first kappa shape index (κ1) is 14.6. The van der Waals surface area contributed by atoms with Gasteiger partial charge in [-0.2, -0.15) is 4.98 Å². The van der Waals surface area contributed by atoms with Gasteiger partial charge in [0.1, 0.15) is 0 Å². The Morgan fingerprint density at radius 2 is 2.20 bits per heavy atom. The van der Waals surface area contributed by atoms with Crippen LogP contribution >= 0.6 is 11.8 Å². The second kappa shape index (κ2) is 7.09. The zero-order valence-corrected chi connectivity index (χ0v) is 12.0. The van der Waals surface area contributed by atoms with Gasteiger partial charge in [0.15, 0.2) is 5.82 Å². The highest BCUT2D eigenvalue weighted by Gasteiger charge is 2.08. The van der Waals surface area contributed by atoms with E-state index in [1.165, 1.54) is 10.5 Å². The molecule has 0 saturated carbocycles. The van der Waals surface area contributed by atoms with Gasteiger partial charge in [-0.1, -0.05) is 23.4 Å². The molecule has 2 aromatic rings. The number of carbonyl (C=O) groups is 1. The number of thioether (sulfide) groups is 1. The van der Waals surface area contributed by atoms with E-state index in [1.807, 2.05) is 12.1 Å². The average molecular weight is 292 g/mol. The highest BCUT2D eigenvalue weighted by molar-refractivity contribution is 7.98. The highest BCUT2D eigenvalue weighted by Crippen LogP contribution is 2.24. The van der Waals surface area contributed by atoms with Crippen LogP contribution < -0.4 is 0 Å². The van der Waals surface area contributed by atoms with Crippen LogP contribution in [0, 0.1) is 6.92 Å². The molecule has 0 saturated heterocycles. The van der Waals surface area contributed by atoms with E-state index in [1.54, 1.807) is 11.8 Å². The van der Waals surface area contributed by atoms with Gasteiger partial charge in [-0.25, -0.2) is 0 Å². The van der Waals surface area contributed by atoms with Crippen LogP contribution in [-0.2, 0) is 17.0 Å². The average Bonchev–Trinajstić information content (AvgIpc) is 2.85. The minimum absolute atomic E-state index is 0.121. The van der Waals surface area contributed by atoms with Crippen molar-refractivity contribution in [2.75, 3.05) is 0 Å². The maximum absolute atomic E-state index is 10.4. The summed E-state index contributed by atoms with van der Waals surface area (Å²) >= 11 is 1.66. The molecule has 0 amide bonds. The van der Waals surface area contributed by atoms with Gasteiger partial charge in [0.05, 0.1) is 5.75 Å². The summed E-state index contributed by atoms with van der Waals surface area (Å²) in [6.45, 7) is 2.07. The molecule has 0 aliphatic rings. The van der Waals surface area contributed by atoms with E-state index in [0.29, 0.717) is 30.3 Å². The lowest BCUT2D eigenvalue weighted by molar-refractivity contribution is -0.137. The number of carboxylic acids is 1. The highest BCUT2D eigenvalue weighted by atomic mass is 32.2. The van der Waals surface area contributed by atoms with Crippen molar-refractivity contribution >= 4 is 17.7 Å². The van der Waals surface area contributed by atoms with E-state index in [0.717, 1.165) is 0 Å². The van der Waals surface area contributed by atoms with Crippen molar-refractivity contribution < 1.29 is 14.4 Å². The Hall–Kier alpha value is -1.82. The second-order valence-corrected chi connectivity index (χ2v) is 5.42. The van der Waals surface area contributed by atoms with Gasteiger partial charge in [0, 0.05) is 17.7 Å². The van der Waals surface area contributed by atoms with Crippen LogP contribution in [0.1, 0.15) is 30.1 Å². The molecule has 1 aromatic carbocycles. The van der Waals surface area contributed by atoms with Crippen LogP contribution in [0.5, 0.6) is 0 Å². The molecule has 1 N–H and O–H groups in total. The summed E-state index contributed by atoms with van der Waals surface area (Å²) in [6.07, 6.45) is 1.14. The molecule has 0 atom stereocenters. The first-order valence-corrected chi connectivity index (χ1v) is 7.35. The molecular formula is C14H16N2O3S. The molecule has 0 bridgehead atoms. The van der Waals surface area contributed by atoms with E-state index in [4.69, 9.17) is 9.63 Å². The maximum Gasteiger partial charge on any atom is 0.303 e. The molecule has 2 rings (SSSR count). The molecule has 0 unspecified atom stereocenters. The lowest BCUT2D eigenvalue weighted by Gasteiger charge is -2.01. The standard InChI is InChI=1S/C14H16N2O3S/c1-10-5-2-3-6-11(10)20-9-12-15-13(19-16-12)7-4-8-14(17)18/h2-3,5-6H,4,7-9H2,1H3,(H,17,18). The molecule has 0 radical (unpaired) electrons. The van der Waals surface area contributed by atoms with Crippen molar-refractivity contribution in [3.05, 3.63) is 41.5 Å². The summed E-state index contributed by atoms with van der Waals surface area (Å²) in [5, 5.41) is 12.5. The number of rotatable bonds is 7. The molecule has 1 aromatic heterocycles. The Bertz CT molecular complexity index is 583. The molecule has 6 heteroatoms. The van der Waals surface area contributed by atoms with Crippen molar-refractivity contribution in [3.8, 4) is 0 Å². The zero-order chi connectivity index (χ0) is 14.4. The van der Waals surface area contributed by atoms with E-state index >= 15 is 0 Å².